The molecule has 0 fully saturated rings. The van der Waals surface area contributed by atoms with Gasteiger partial charge in [-0.25, -0.2) is 9.69 Å². The number of halogens is 2. The molecule has 0 aliphatic carbocycles. The molecule has 38 heavy (non-hydrogen) atoms. The maximum absolute atomic E-state index is 13.1. The van der Waals surface area contributed by atoms with Crippen LogP contribution in [-0.2, 0) is 14.3 Å². The lowest BCUT2D eigenvalue weighted by Gasteiger charge is -2.16. The SMILES string of the molecule is CCCOC(=O)c1ccc(NC(=O)c2ccc(C)c(NC3=C(Cl)C(=O)N(c4ccc(Cl)cc4)C3=O)c2)cc1. The zero-order valence-corrected chi connectivity index (χ0v) is 22.0. The highest BCUT2D eigenvalue weighted by atomic mass is 35.5. The van der Waals surface area contributed by atoms with Crippen molar-refractivity contribution in [3.8, 4) is 0 Å². The van der Waals surface area contributed by atoms with Crippen LogP contribution in [0.15, 0.2) is 77.5 Å². The van der Waals surface area contributed by atoms with Gasteiger partial charge in [0.2, 0.25) is 0 Å². The summed E-state index contributed by atoms with van der Waals surface area (Å²) in [5, 5.41) is 5.89. The highest BCUT2D eigenvalue weighted by molar-refractivity contribution is 6.53. The molecule has 1 aliphatic heterocycles. The summed E-state index contributed by atoms with van der Waals surface area (Å²) in [6.45, 7) is 4.03. The van der Waals surface area contributed by atoms with E-state index >= 15 is 0 Å². The third-order valence-electron chi connectivity index (χ3n) is 5.69. The summed E-state index contributed by atoms with van der Waals surface area (Å²) in [7, 11) is 0. The van der Waals surface area contributed by atoms with Gasteiger partial charge in [-0.15, -0.1) is 0 Å². The number of nitrogens with one attached hydrogen (secondary N) is 2. The lowest BCUT2D eigenvalue weighted by molar-refractivity contribution is -0.120. The third-order valence-corrected chi connectivity index (χ3v) is 6.29. The summed E-state index contributed by atoms with van der Waals surface area (Å²) in [5.74, 6) is -2.14. The molecule has 194 valence electrons. The Hall–Kier alpha value is -4.14. The van der Waals surface area contributed by atoms with Gasteiger partial charge in [0.25, 0.3) is 17.7 Å². The van der Waals surface area contributed by atoms with Gasteiger partial charge in [-0.1, -0.05) is 36.2 Å². The van der Waals surface area contributed by atoms with Crippen molar-refractivity contribution in [3.63, 3.8) is 0 Å². The van der Waals surface area contributed by atoms with Crippen molar-refractivity contribution in [2.45, 2.75) is 20.3 Å². The van der Waals surface area contributed by atoms with Crippen LogP contribution < -0.4 is 15.5 Å². The molecule has 0 unspecified atom stereocenters. The van der Waals surface area contributed by atoms with Gasteiger partial charge in [-0.3, -0.25) is 14.4 Å². The van der Waals surface area contributed by atoms with Crippen LogP contribution in [0.4, 0.5) is 17.1 Å². The lowest BCUT2D eigenvalue weighted by atomic mass is 10.1. The quantitative estimate of drug-likeness (QED) is 0.266. The van der Waals surface area contributed by atoms with E-state index in [1.807, 2.05) is 6.92 Å². The molecule has 3 aromatic carbocycles. The van der Waals surface area contributed by atoms with Crippen LogP contribution in [0.25, 0.3) is 0 Å². The number of esters is 1. The first-order chi connectivity index (χ1) is 18.2. The molecule has 0 spiro atoms. The number of nitrogens with zero attached hydrogens (tertiary/aromatic N) is 1. The molecule has 4 rings (SSSR count). The zero-order valence-electron chi connectivity index (χ0n) is 20.5. The number of anilines is 3. The smallest absolute Gasteiger partial charge is 0.338 e. The van der Waals surface area contributed by atoms with Crippen molar-refractivity contribution in [3.05, 3.63) is 99.2 Å². The van der Waals surface area contributed by atoms with Crippen molar-refractivity contribution in [1.82, 2.24) is 0 Å². The fraction of sp³-hybridized carbons (Fsp3) is 0.143. The third kappa shape index (κ3) is 5.72. The molecule has 10 heteroatoms. The van der Waals surface area contributed by atoms with Crippen molar-refractivity contribution in [2.24, 2.45) is 0 Å². The monoisotopic (exact) mass is 551 g/mol. The van der Waals surface area contributed by atoms with E-state index in [-0.39, 0.29) is 10.7 Å². The second kappa shape index (κ2) is 11.5. The van der Waals surface area contributed by atoms with Crippen LogP contribution in [0.2, 0.25) is 5.02 Å². The molecule has 0 aromatic heterocycles. The Morgan fingerprint density at radius 3 is 2.21 bits per heavy atom. The van der Waals surface area contributed by atoms with Gasteiger partial charge in [-0.05, 0) is 79.6 Å². The fourth-order valence-electron chi connectivity index (χ4n) is 3.64. The summed E-state index contributed by atoms with van der Waals surface area (Å²) < 4.78 is 5.10. The van der Waals surface area contributed by atoms with Crippen LogP contribution in [-0.4, -0.2) is 30.3 Å². The first kappa shape index (κ1) is 26.9. The summed E-state index contributed by atoms with van der Waals surface area (Å²) in [6.07, 6.45) is 0.724. The Labute approximate surface area is 229 Å². The van der Waals surface area contributed by atoms with Gasteiger partial charge in [0.1, 0.15) is 10.7 Å². The number of carbonyl (C=O) groups is 4. The van der Waals surface area contributed by atoms with Gasteiger partial charge in [-0.2, -0.15) is 0 Å². The topological polar surface area (TPSA) is 105 Å². The van der Waals surface area contributed by atoms with Crippen LogP contribution in [0.1, 0.15) is 39.6 Å². The number of amides is 3. The van der Waals surface area contributed by atoms with E-state index in [0.717, 1.165) is 16.9 Å². The average Bonchev–Trinajstić information content (AvgIpc) is 3.12. The molecule has 8 nitrogen and oxygen atoms in total. The molecule has 3 amide bonds. The second-order valence-corrected chi connectivity index (χ2v) is 9.25. The molecule has 0 bridgehead atoms. The minimum absolute atomic E-state index is 0.0992. The van der Waals surface area contributed by atoms with Crippen LogP contribution in [0.5, 0.6) is 0 Å². The van der Waals surface area contributed by atoms with Crippen molar-refractivity contribution in [1.29, 1.82) is 0 Å². The summed E-state index contributed by atoms with van der Waals surface area (Å²) >= 11 is 12.2. The molecule has 0 radical (unpaired) electrons. The Balaban J connectivity index is 1.49. The first-order valence-corrected chi connectivity index (χ1v) is 12.5. The Morgan fingerprint density at radius 2 is 1.55 bits per heavy atom. The van der Waals surface area contributed by atoms with E-state index in [4.69, 9.17) is 27.9 Å². The second-order valence-electron chi connectivity index (χ2n) is 8.43. The fourth-order valence-corrected chi connectivity index (χ4v) is 3.98. The number of rotatable bonds is 8. The average molecular weight is 552 g/mol. The summed E-state index contributed by atoms with van der Waals surface area (Å²) in [5.41, 5.74) is 2.54. The van der Waals surface area contributed by atoms with Gasteiger partial charge in [0, 0.05) is 22.0 Å². The normalized spacial score (nSPS) is 13.1. The number of hydrogen-bond donors (Lipinski definition) is 2. The van der Waals surface area contributed by atoms with Gasteiger partial charge >= 0.3 is 5.97 Å². The van der Waals surface area contributed by atoms with Gasteiger partial charge in [0.05, 0.1) is 17.9 Å². The van der Waals surface area contributed by atoms with E-state index in [0.29, 0.717) is 39.8 Å². The number of hydrogen-bond acceptors (Lipinski definition) is 6. The predicted molar refractivity (Wildman–Crippen MR) is 147 cm³/mol. The summed E-state index contributed by atoms with van der Waals surface area (Å²) in [4.78, 5) is 51.6. The Morgan fingerprint density at radius 1 is 0.895 bits per heavy atom. The molecule has 0 saturated heterocycles. The van der Waals surface area contributed by atoms with E-state index in [9.17, 15) is 19.2 Å². The maximum Gasteiger partial charge on any atom is 0.338 e. The molecule has 3 aromatic rings. The number of benzene rings is 3. The lowest BCUT2D eigenvalue weighted by Crippen LogP contribution is -2.32. The van der Waals surface area contributed by atoms with Crippen LogP contribution in [0.3, 0.4) is 0 Å². The van der Waals surface area contributed by atoms with Gasteiger partial charge < -0.3 is 15.4 Å². The molecule has 0 saturated carbocycles. The van der Waals surface area contributed by atoms with Crippen molar-refractivity contribution < 1.29 is 23.9 Å². The van der Waals surface area contributed by atoms with E-state index in [1.165, 1.54) is 0 Å². The Bertz CT molecular complexity index is 1450. The molecule has 0 atom stereocenters. The number of aryl methyl sites for hydroxylation is 1. The Kier molecular flexibility index (Phi) is 8.14. The molecule has 1 heterocycles. The standard InChI is InChI=1S/C28H23Cl2N3O5/c1-3-14-38-28(37)17-6-10-20(11-7-17)31-25(34)18-5-4-16(2)22(15-18)32-24-23(30)26(35)33(27(24)36)21-12-8-19(29)9-13-21/h4-13,15,32H,3,14H2,1-2H3,(H,31,34). The minimum Gasteiger partial charge on any atom is -0.462 e. The van der Waals surface area contributed by atoms with E-state index in [1.54, 1.807) is 73.7 Å². The number of imide groups is 1. The van der Waals surface area contributed by atoms with Crippen molar-refractivity contribution >= 4 is 64.0 Å². The molecule has 2 N–H and O–H groups in total. The van der Waals surface area contributed by atoms with Crippen LogP contribution in [0, 0.1) is 6.92 Å². The maximum atomic E-state index is 13.1. The zero-order chi connectivity index (χ0) is 27.4. The first-order valence-electron chi connectivity index (χ1n) is 11.7. The number of ether oxygens (including phenoxy) is 1. The highest BCUT2D eigenvalue weighted by Gasteiger charge is 2.39. The molecular weight excluding hydrogens is 529 g/mol. The summed E-state index contributed by atoms with van der Waals surface area (Å²) in [6, 6.07) is 17.5. The van der Waals surface area contributed by atoms with E-state index < -0.39 is 23.7 Å². The van der Waals surface area contributed by atoms with Gasteiger partial charge in [0.15, 0.2) is 0 Å². The predicted octanol–water partition coefficient (Wildman–Crippen LogP) is 5.90. The van der Waals surface area contributed by atoms with Crippen molar-refractivity contribution in [2.75, 3.05) is 22.1 Å². The molecule has 1 aliphatic rings. The van der Waals surface area contributed by atoms with E-state index in [2.05, 4.69) is 10.6 Å². The highest BCUT2D eigenvalue weighted by Crippen LogP contribution is 2.31. The van der Waals surface area contributed by atoms with Crippen LogP contribution >= 0.6 is 23.2 Å². The number of carbonyl (C=O) groups excluding carboxylic acids is 4. The minimum atomic E-state index is -0.671. The molecular formula is C28H23Cl2N3O5. The largest absolute Gasteiger partial charge is 0.462 e.